The lowest BCUT2D eigenvalue weighted by Crippen LogP contribution is -2.31. The average Bonchev–Trinajstić information content (AvgIpc) is 3.08. The van der Waals surface area contributed by atoms with Crippen LogP contribution in [0.2, 0.25) is 0 Å². The van der Waals surface area contributed by atoms with Crippen molar-refractivity contribution >= 4 is 11.8 Å². The van der Waals surface area contributed by atoms with Crippen molar-refractivity contribution in [1.29, 1.82) is 0 Å². The van der Waals surface area contributed by atoms with Crippen molar-refractivity contribution in [3.8, 4) is 5.75 Å². The molecule has 0 spiro atoms. The second-order valence-electron chi connectivity index (χ2n) is 8.40. The van der Waals surface area contributed by atoms with Gasteiger partial charge in [-0.05, 0) is 35.6 Å². The number of ether oxygens (including phenoxy) is 1. The van der Waals surface area contributed by atoms with E-state index < -0.39 is 0 Å². The first-order chi connectivity index (χ1) is 15.1. The molecule has 0 saturated carbocycles. The summed E-state index contributed by atoms with van der Waals surface area (Å²) in [6, 6.07) is 17.7. The number of hydrogen-bond donors (Lipinski definition) is 1. The van der Waals surface area contributed by atoms with Crippen LogP contribution in [0.25, 0.3) is 0 Å². The summed E-state index contributed by atoms with van der Waals surface area (Å²) < 4.78 is 5.22. The Morgan fingerprint density at radius 1 is 1.06 bits per heavy atom. The fourth-order valence-corrected chi connectivity index (χ4v) is 4.30. The standard InChI is InChI=1S/C26H34N2O3/c1-3-4-6-11-22-19-28(18-21-12-14-23(31-2)15-13-21)26(30)24(22)16-25(29)27-17-20-9-7-5-8-10-20/h5,7-10,12-15,22,24H,3-4,6,11,16-19H2,1-2H3,(H,27,29)/t22-,24+/m0/s1. The van der Waals surface area contributed by atoms with Crippen molar-refractivity contribution in [3.05, 3.63) is 65.7 Å². The van der Waals surface area contributed by atoms with Crippen LogP contribution in [0.15, 0.2) is 54.6 Å². The topological polar surface area (TPSA) is 58.6 Å². The van der Waals surface area contributed by atoms with Crippen LogP contribution >= 0.6 is 0 Å². The van der Waals surface area contributed by atoms with Crippen molar-refractivity contribution in [1.82, 2.24) is 10.2 Å². The van der Waals surface area contributed by atoms with E-state index in [-0.39, 0.29) is 30.1 Å². The zero-order valence-corrected chi connectivity index (χ0v) is 18.7. The highest BCUT2D eigenvalue weighted by Gasteiger charge is 2.40. The summed E-state index contributed by atoms with van der Waals surface area (Å²) in [6.07, 6.45) is 4.68. The summed E-state index contributed by atoms with van der Waals surface area (Å²) >= 11 is 0. The van der Waals surface area contributed by atoms with Gasteiger partial charge in [0.15, 0.2) is 0 Å². The molecule has 5 nitrogen and oxygen atoms in total. The lowest BCUT2D eigenvalue weighted by molar-refractivity contribution is -0.134. The number of methoxy groups -OCH3 is 1. The van der Waals surface area contributed by atoms with Crippen molar-refractivity contribution in [3.63, 3.8) is 0 Å². The zero-order chi connectivity index (χ0) is 22.1. The summed E-state index contributed by atoms with van der Waals surface area (Å²) in [5.41, 5.74) is 2.14. The van der Waals surface area contributed by atoms with Gasteiger partial charge in [0.1, 0.15) is 5.75 Å². The van der Waals surface area contributed by atoms with Crippen molar-refractivity contribution < 1.29 is 14.3 Å². The molecule has 2 aromatic carbocycles. The fraction of sp³-hybridized carbons (Fsp3) is 0.462. The first-order valence-electron chi connectivity index (χ1n) is 11.3. The van der Waals surface area contributed by atoms with Crippen LogP contribution in [0, 0.1) is 11.8 Å². The molecule has 2 aromatic rings. The van der Waals surface area contributed by atoms with Crippen molar-refractivity contribution in [2.75, 3.05) is 13.7 Å². The highest BCUT2D eigenvalue weighted by molar-refractivity contribution is 5.87. The summed E-state index contributed by atoms with van der Waals surface area (Å²) in [6.45, 7) is 3.99. The number of likely N-dealkylation sites (tertiary alicyclic amines) is 1. The summed E-state index contributed by atoms with van der Waals surface area (Å²) in [4.78, 5) is 27.8. The summed E-state index contributed by atoms with van der Waals surface area (Å²) in [5, 5.41) is 2.99. The molecule has 1 heterocycles. The highest BCUT2D eigenvalue weighted by atomic mass is 16.5. The third-order valence-corrected chi connectivity index (χ3v) is 6.10. The van der Waals surface area contributed by atoms with Gasteiger partial charge >= 0.3 is 0 Å². The molecule has 0 aliphatic carbocycles. The molecule has 5 heteroatoms. The molecule has 2 amide bonds. The predicted molar refractivity (Wildman–Crippen MR) is 122 cm³/mol. The number of amides is 2. The van der Waals surface area contributed by atoms with E-state index in [0.717, 1.165) is 49.1 Å². The molecule has 2 atom stereocenters. The number of nitrogens with zero attached hydrogens (tertiary/aromatic N) is 1. The van der Waals surface area contributed by atoms with E-state index in [1.165, 1.54) is 0 Å². The molecule has 31 heavy (non-hydrogen) atoms. The minimum atomic E-state index is -0.231. The van der Waals surface area contributed by atoms with Gasteiger partial charge in [0.05, 0.1) is 13.0 Å². The SMILES string of the molecule is CCCCC[C@H]1CN(Cc2ccc(OC)cc2)C(=O)[C@@H]1CC(=O)NCc1ccccc1. The maximum Gasteiger partial charge on any atom is 0.226 e. The molecule has 166 valence electrons. The van der Waals surface area contributed by atoms with Crippen LogP contribution in [0.1, 0.15) is 50.2 Å². The third-order valence-electron chi connectivity index (χ3n) is 6.10. The Morgan fingerprint density at radius 2 is 1.81 bits per heavy atom. The number of hydrogen-bond acceptors (Lipinski definition) is 3. The Hall–Kier alpha value is -2.82. The first kappa shape index (κ1) is 22.9. The van der Waals surface area contributed by atoms with Crippen LogP contribution in [0.3, 0.4) is 0 Å². The number of carbonyl (C=O) groups excluding carboxylic acids is 2. The smallest absolute Gasteiger partial charge is 0.226 e. The molecular weight excluding hydrogens is 388 g/mol. The largest absolute Gasteiger partial charge is 0.497 e. The lowest BCUT2D eigenvalue weighted by Gasteiger charge is -2.17. The molecule has 1 aliphatic rings. The molecule has 1 aliphatic heterocycles. The molecule has 0 aromatic heterocycles. The first-order valence-corrected chi connectivity index (χ1v) is 11.3. The highest BCUT2D eigenvalue weighted by Crippen LogP contribution is 2.33. The summed E-state index contributed by atoms with van der Waals surface area (Å²) in [7, 11) is 1.65. The lowest BCUT2D eigenvalue weighted by atomic mass is 9.87. The van der Waals surface area contributed by atoms with E-state index in [4.69, 9.17) is 4.74 Å². The number of benzene rings is 2. The molecule has 0 unspecified atom stereocenters. The van der Waals surface area contributed by atoms with E-state index in [2.05, 4.69) is 12.2 Å². The predicted octanol–water partition coefficient (Wildman–Crippen LogP) is 4.56. The normalized spacial score (nSPS) is 18.3. The molecule has 1 N–H and O–H groups in total. The van der Waals surface area contributed by atoms with Crippen LogP contribution < -0.4 is 10.1 Å². The van der Waals surface area contributed by atoms with Gasteiger partial charge in [-0.15, -0.1) is 0 Å². The van der Waals surface area contributed by atoms with E-state index >= 15 is 0 Å². The summed E-state index contributed by atoms with van der Waals surface area (Å²) in [5.74, 6) is 0.869. The Morgan fingerprint density at radius 3 is 2.48 bits per heavy atom. The number of unbranched alkanes of at least 4 members (excludes halogenated alkanes) is 2. The second-order valence-corrected chi connectivity index (χ2v) is 8.40. The van der Waals surface area contributed by atoms with E-state index in [9.17, 15) is 9.59 Å². The Kier molecular flexibility index (Phi) is 8.51. The monoisotopic (exact) mass is 422 g/mol. The molecule has 1 fully saturated rings. The molecule has 0 radical (unpaired) electrons. The van der Waals surface area contributed by atoms with Gasteiger partial charge in [-0.2, -0.15) is 0 Å². The molecular formula is C26H34N2O3. The van der Waals surface area contributed by atoms with Gasteiger partial charge in [-0.3, -0.25) is 9.59 Å². The van der Waals surface area contributed by atoms with E-state index in [0.29, 0.717) is 13.1 Å². The number of carbonyl (C=O) groups is 2. The Bertz CT molecular complexity index is 835. The minimum Gasteiger partial charge on any atom is -0.497 e. The van der Waals surface area contributed by atoms with Crippen molar-refractivity contribution in [2.45, 2.75) is 52.1 Å². The van der Waals surface area contributed by atoms with Gasteiger partial charge in [-0.25, -0.2) is 0 Å². The Balaban J connectivity index is 1.61. The molecule has 1 saturated heterocycles. The van der Waals surface area contributed by atoms with Gasteiger partial charge < -0.3 is 15.0 Å². The quantitative estimate of drug-likeness (QED) is 0.540. The van der Waals surface area contributed by atoms with Gasteiger partial charge in [0.25, 0.3) is 0 Å². The number of nitrogens with one attached hydrogen (secondary N) is 1. The second kappa shape index (κ2) is 11.5. The molecule has 0 bridgehead atoms. The van der Waals surface area contributed by atoms with Gasteiger partial charge in [0, 0.05) is 26.1 Å². The average molecular weight is 423 g/mol. The van der Waals surface area contributed by atoms with Crippen LogP contribution in [0.4, 0.5) is 0 Å². The zero-order valence-electron chi connectivity index (χ0n) is 18.7. The third kappa shape index (κ3) is 6.58. The van der Waals surface area contributed by atoms with E-state index in [1.54, 1.807) is 7.11 Å². The molecule has 3 rings (SSSR count). The van der Waals surface area contributed by atoms with Crippen LogP contribution in [-0.4, -0.2) is 30.4 Å². The van der Waals surface area contributed by atoms with E-state index in [1.807, 2.05) is 59.5 Å². The van der Waals surface area contributed by atoms with Crippen LogP contribution in [-0.2, 0) is 22.7 Å². The van der Waals surface area contributed by atoms with Gasteiger partial charge in [0.2, 0.25) is 11.8 Å². The minimum absolute atomic E-state index is 0.0472. The maximum absolute atomic E-state index is 13.2. The maximum atomic E-state index is 13.2. The fourth-order valence-electron chi connectivity index (χ4n) is 4.30. The van der Waals surface area contributed by atoms with Crippen molar-refractivity contribution in [2.24, 2.45) is 11.8 Å². The van der Waals surface area contributed by atoms with Crippen LogP contribution in [0.5, 0.6) is 5.75 Å². The Labute approximate surface area is 185 Å². The number of rotatable bonds is 11. The van der Waals surface area contributed by atoms with Gasteiger partial charge in [-0.1, -0.05) is 68.7 Å².